The van der Waals surface area contributed by atoms with Crippen LogP contribution in [0.25, 0.3) is 5.95 Å². The number of nitrogens with one attached hydrogen (secondary N) is 1. The zero-order valence-corrected chi connectivity index (χ0v) is 17.8. The molecule has 156 valence electrons. The Kier molecular flexibility index (Phi) is 5.96. The van der Waals surface area contributed by atoms with Crippen molar-refractivity contribution in [1.29, 1.82) is 0 Å². The fourth-order valence-electron chi connectivity index (χ4n) is 3.36. The lowest BCUT2D eigenvalue weighted by molar-refractivity contribution is -0.116. The maximum atomic E-state index is 13.1. The van der Waals surface area contributed by atoms with Gasteiger partial charge in [-0.3, -0.25) is 19.0 Å². The fraction of sp³-hybridized carbons (Fsp3) is 0.318. The second kappa shape index (κ2) is 8.44. The molecule has 2 heterocycles. The van der Waals surface area contributed by atoms with Crippen LogP contribution in [0.2, 0.25) is 0 Å². The highest BCUT2D eigenvalue weighted by atomic mass is 16.2. The van der Waals surface area contributed by atoms with Crippen LogP contribution in [0.4, 0.5) is 5.69 Å². The van der Waals surface area contributed by atoms with Crippen molar-refractivity contribution in [2.45, 2.75) is 47.6 Å². The van der Waals surface area contributed by atoms with E-state index in [9.17, 15) is 14.4 Å². The van der Waals surface area contributed by atoms with Crippen molar-refractivity contribution in [3.05, 3.63) is 68.9 Å². The van der Waals surface area contributed by atoms with Crippen LogP contribution in [-0.4, -0.2) is 31.0 Å². The van der Waals surface area contributed by atoms with Crippen molar-refractivity contribution in [2.24, 2.45) is 0 Å². The highest BCUT2D eigenvalue weighted by Gasteiger charge is 2.19. The molecule has 0 radical (unpaired) electrons. The third-order valence-corrected chi connectivity index (χ3v) is 4.88. The number of carbonyl (C=O) groups excluding carboxylic acids is 2. The second-order valence-corrected chi connectivity index (χ2v) is 7.24. The minimum absolute atomic E-state index is 0.0493. The Labute approximate surface area is 174 Å². The zero-order valence-electron chi connectivity index (χ0n) is 17.8. The first-order valence-electron chi connectivity index (χ1n) is 9.76. The average Bonchev–Trinajstić information content (AvgIpc) is 3.02. The smallest absolute Gasteiger partial charge is 0.258 e. The summed E-state index contributed by atoms with van der Waals surface area (Å²) in [5.41, 5.74) is 3.65. The van der Waals surface area contributed by atoms with Crippen LogP contribution in [0.15, 0.2) is 35.1 Å². The van der Waals surface area contributed by atoms with Crippen molar-refractivity contribution in [3.63, 3.8) is 0 Å². The van der Waals surface area contributed by atoms with Gasteiger partial charge in [-0.2, -0.15) is 5.10 Å². The van der Waals surface area contributed by atoms with E-state index in [2.05, 4.69) is 15.4 Å². The predicted molar refractivity (Wildman–Crippen MR) is 114 cm³/mol. The molecule has 0 bridgehead atoms. The summed E-state index contributed by atoms with van der Waals surface area (Å²) in [6, 6.07) is 8.49. The number of rotatable bonds is 6. The number of nitrogens with zero attached hydrogens (tertiary/aromatic N) is 4. The van der Waals surface area contributed by atoms with E-state index in [0.29, 0.717) is 34.9 Å². The lowest BCUT2D eigenvalue weighted by Gasteiger charge is -2.16. The monoisotopic (exact) mass is 407 g/mol. The van der Waals surface area contributed by atoms with Gasteiger partial charge in [-0.25, -0.2) is 9.67 Å². The first-order valence-corrected chi connectivity index (χ1v) is 9.76. The number of ketones is 1. The van der Waals surface area contributed by atoms with Gasteiger partial charge in [-0.1, -0.05) is 6.92 Å². The highest BCUT2D eigenvalue weighted by Crippen LogP contribution is 2.13. The molecular formula is C22H25N5O3. The first kappa shape index (κ1) is 21.2. The molecule has 3 aromatic rings. The largest absolute Gasteiger partial charge is 0.325 e. The molecule has 0 saturated heterocycles. The van der Waals surface area contributed by atoms with E-state index in [1.807, 2.05) is 26.8 Å². The van der Waals surface area contributed by atoms with Gasteiger partial charge in [0.15, 0.2) is 5.78 Å². The van der Waals surface area contributed by atoms with Gasteiger partial charge in [-0.05, 0) is 64.4 Å². The SMILES string of the molecule is CCc1c(C)nc(-n2nc(C)cc2C)n(CC(=O)Nc2ccc(C(C)=O)cc2)c1=O. The number of anilines is 1. The molecular weight excluding hydrogens is 382 g/mol. The van der Waals surface area contributed by atoms with Crippen molar-refractivity contribution in [3.8, 4) is 5.95 Å². The van der Waals surface area contributed by atoms with Crippen LogP contribution in [0, 0.1) is 20.8 Å². The van der Waals surface area contributed by atoms with E-state index >= 15 is 0 Å². The van der Waals surface area contributed by atoms with Gasteiger partial charge >= 0.3 is 0 Å². The Morgan fingerprint density at radius 1 is 1.10 bits per heavy atom. The Morgan fingerprint density at radius 3 is 2.30 bits per heavy atom. The molecule has 1 N–H and O–H groups in total. The fourth-order valence-corrected chi connectivity index (χ4v) is 3.36. The molecule has 2 aromatic heterocycles. The molecule has 0 unspecified atom stereocenters. The third kappa shape index (κ3) is 4.22. The van der Waals surface area contributed by atoms with E-state index in [1.54, 1.807) is 35.9 Å². The summed E-state index contributed by atoms with van der Waals surface area (Å²) in [5.74, 6) is -0.114. The summed E-state index contributed by atoms with van der Waals surface area (Å²) < 4.78 is 2.93. The summed E-state index contributed by atoms with van der Waals surface area (Å²) in [5, 5.41) is 7.19. The summed E-state index contributed by atoms with van der Waals surface area (Å²) in [7, 11) is 0. The maximum Gasteiger partial charge on any atom is 0.258 e. The van der Waals surface area contributed by atoms with Crippen LogP contribution >= 0.6 is 0 Å². The quantitative estimate of drug-likeness (QED) is 0.634. The second-order valence-electron chi connectivity index (χ2n) is 7.24. The number of hydrogen-bond donors (Lipinski definition) is 1. The highest BCUT2D eigenvalue weighted by molar-refractivity contribution is 5.95. The topological polar surface area (TPSA) is 98.9 Å². The standard InChI is InChI=1S/C22H25N5O3/c1-6-19-15(4)23-22(27-14(3)11-13(2)25-27)26(21(19)30)12-20(29)24-18-9-7-17(8-10-18)16(5)28/h7-11H,6,12H2,1-5H3,(H,24,29). The van der Waals surface area contributed by atoms with E-state index in [0.717, 1.165) is 11.4 Å². The third-order valence-electron chi connectivity index (χ3n) is 4.88. The molecule has 0 aliphatic rings. The Morgan fingerprint density at radius 2 is 1.77 bits per heavy atom. The lowest BCUT2D eigenvalue weighted by Crippen LogP contribution is -2.34. The van der Waals surface area contributed by atoms with Gasteiger partial charge in [0.25, 0.3) is 5.56 Å². The molecule has 0 aliphatic carbocycles. The lowest BCUT2D eigenvalue weighted by atomic mass is 10.1. The van der Waals surface area contributed by atoms with Crippen molar-refractivity contribution in [1.82, 2.24) is 19.3 Å². The normalized spacial score (nSPS) is 10.8. The van der Waals surface area contributed by atoms with Gasteiger partial charge in [0.05, 0.1) is 11.4 Å². The van der Waals surface area contributed by atoms with E-state index in [4.69, 9.17) is 0 Å². The number of aryl methyl sites for hydroxylation is 3. The Bertz CT molecular complexity index is 1170. The van der Waals surface area contributed by atoms with Gasteiger partial charge in [0.1, 0.15) is 6.54 Å². The molecule has 1 amide bonds. The molecule has 30 heavy (non-hydrogen) atoms. The molecule has 0 saturated carbocycles. The number of benzene rings is 1. The molecule has 0 spiro atoms. The average molecular weight is 407 g/mol. The summed E-state index contributed by atoms with van der Waals surface area (Å²) >= 11 is 0. The minimum Gasteiger partial charge on any atom is -0.325 e. The van der Waals surface area contributed by atoms with Gasteiger partial charge in [-0.15, -0.1) is 0 Å². The zero-order chi connectivity index (χ0) is 22.0. The van der Waals surface area contributed by atoms with Crippen molar-refractivity contribution in [2.75, 3.05) is 5.32 Å². The van der Waals surface area contributed by atoms with E-state index in [1.165, 1.54) is 11.5 Å². The first-order chi connectivity index (χ1) is 14.2. The van der Waals surface area contributed by atoms with Gasteiger partial charge < -0.3 is 5.32 Å². The van der Waals surface area contributed by atoms with Gasteiger partial charge in [0.2, 0.25) is 11.9 Å². The van der Waals surface area contributed by atoms with Crippen LogP contribution in [-0.2, 0) is 17.8 Å². The van der Waals surface area contributed by atoms with Crippen LogP contribution in [0.1, 0.15) is 46.9 Å². The van der Waals surface area contributed by atoms with E-state index < -0.39 is 0 Å². The molecule has 8 heteroatoms. The summed E-state index contributed by atoms with van der Waals surface area (Å²) in [6.07, 6.45) is 0.517. The minimum atomic E-state index is -0.372. The Balaban J connectivity index is 1.97. The number of aromatic nitrogens is 4. The number of carbonyl (C=O) groups is 2. The van der Waals surface area contributed by atoms with Crippen LogP contribution in [0.5, 0.6) is 0 Å². The Hall–Kier alpha value is -3.55. The molecule has 0 fully saturated rings. The summed E-state index contributed by atoms with van der Waals surface area (Å²) in [4.78, 5) is 41.8. The van der Waals surface area contributed by atoms with Crippen LogP contribution in [0.3, 0.4) is 0 Å². The van der Waals surface area contributed by atoms with Gasteiger partial charge in [0, 0.05) is 22.5 Å². The number of amides is 1. The molecule has 1 aromatic carbocycles. The molecule has 0 atom stereocenters. The number of Topliss-reactive ketones (excluding diaryl/α,β-unsaturated/α-hetero) is 1. The van der Waals surface area contributed by atoms with Crippen molar-refractivity contribution >= 4 is 17.4 Å². The predicted octanol–water partition coefficient (Wildman–Crippen LogP) is 2.76. The van der Waals surface area contributed by atoms with Crippen molar-refractivity contribution < 1.29 is 9.59 Å². The molecule has 3 rings (SSSR count). The summed E-state index contributed by atoms with van der Waals surface area (Å²) in [6.45, 7) is 8.68. The molecule has 0 aliphatic heterocycles. The van der Waals surface area contributed by atoms with Crippen LogP contribution < -0.4 is 10.9 Å². The number of hydrogen-bond acceptors (Lipinski definition) is 5. The van der Waals surface area contributed by atoms with E-state index in [-0.39, 0.29) is 23.8 Å². The maximum absolute atomic E-state index is 13.1. The molecule has 8 nitrogen and oxygen atoms in total.